The van der Waals surface area contributed by atoms with Gasteiger partial charge in [0, 0.05) is 17.4 Å². The maximum Gasteiger partial charge on any atom is 0.238 e. The van der Waals surface area contributed by atoms with Gasteiger partial charge in [-0.1, -0.05) is 60.2 Å². The number of benzene rings is 2. The van der Waals surface area contributed by atoms with Crippen molar-refractivity contribution in [2.75, 3.05) is 4.90 Å². The zero-order valence-corrected chi connectivity index (χ0v) is 16.3. The van der Waals surface area contributed by atoms with Gasteiger partial charge in [0.1, 0.15) is 0 Å². The monoisotopic (exact) mass is 383 g/mol. The molecule has 4 atom stereocenters. The molecule has 0 unspecified atom stereocenters. The second-order valence-corrected chi connectivity index (χ2v) is 8.05. The summed E-state index contributed by atoms with van der Waals surface area (Å²) >= 11 is 0. The molecule has 5 rings (SSSR count). The minimum atomic E-state index is -0.354. The molecule has 144 valence electrons. The number of carbonyl (C=O) groups is 3. The molecule has 2 aromatic carbocycles. The Kier molecular flexibility index (Phi) is 3.91. The Morgan fingerprint density at radius 2 is 1.38 bits per heavy atom. The molecular formula is C25H21NO3. The lowest BCUT2D eigenvalue weighted by Gasteiger charge is -2.20. The van der Waals surface area contributed by atoms with E-state index in [9.17, 15) is 14.4 Å². The van der Waals surface area contributed by atoms with Gasteiger partial charge in [0.25, 0.3) is 0 Å². The van der Waals surface area contributed by atoms with Crippen molar-refractivity contribution >= 4 is 28.9 Å². The molecular weight excluding hydrogens is 362 g/mol. The van der Waals surface area contributed by atoms with E-state index in [1.54, 1.807) is 24.3 Å². The number of rotatable bonds is 3. The van der Waals surface area contributed by atoms with Crippen molar-refractivity contribution in [3.63, 3.8) is 0 Å². The molecule has 0 spiro atoms. The molecule has 2 fully saturated rings. The van der Waals surface area contributed by atoms with E-state index in [-0.39, 0.29) is 41.3 Å². The van der Waals surface area contributed by atoms with E-state index < -0.39 is 0 Å². The Labute approximate surface area is 169 Å². The van der Waals surface area contributed by atoms with Crippen LogP contribution in [0.2, 0.25) is 0 Å². The molecule has 4 nitrogen and oxygen atoms in total. The summed E-state index contributed by atoms with van der Waals surface area (Å²) in [5.74, 6) is -1.19. The summed E-state index contributed by atoms with van der Waals surface area (Å²) in [6, 6.07) is 16.9. The Balaban J connectivity index is 1.54. The third kappa shape index (κ3) is 2.48. The predicted molar refractivity (Wildman–Crippen MR) is 111 cm³/mol. The number of ketones is 1. The number of hydrogen-bond donors (Lipinski definition) is 0. The summed E-state index contributed by atoms with van der Waals surface area (Å²) in [5.41, 5.74) is 4.48. The van der Waals surface area contributed by atoms with Gasteiger partial charge in [0.2, 0.25) is 11.8 Å². The number of fused-ring (bicyclic) bond motifs is 5. The maximum absolute atomic E-state index is 13.3. The van der Waals surface area contributed by atoms with Gasteiger partial charge in [-0.25, -0.2) is 4.90 Å². The quantitative estimate of drug-likeness (QED) is 0.451. The molecule has 4 heteroatoms. The largest absolute Gasteiger partial charge is 0.295 e. The molecule has 1 aliphatic heterocycles. The first-order chi connectivity index (χ1) is 14.0. The van der Waals surface area contributed by atoms with Crippen LogP contribution in [0, 0.1) is 23.7 Å². The number of hydrogen-bond acceptors (Lipinski definition) is 3. The number of Topliss-reactive ketones (excluding diaryl/α,β-unsaturated/α-hetero) is 1. The van der Waals surface area contributed by atoms with Crippen LogP contribution < -0.4 is 4.90 Å². The van der Waals surface area contributed by atoms with Crippen molar-refractivity contribution < 1.29 is 14.4 Å². The van der Waals surface area contributed by atoms with Crippen molar-refractivity contribution in [2.45, 2.75) is 13.8 Å². The van der Waals surface area contributed by atoms with Crippen LogP contribution in [0.1, 0.15) is 29.8 Å². The van der Waals surface area contributed by atoms with E-state index in [0.29, 0.717) is 11.3 Å². The second-order valence-electron chi connectivity index (χ2n) is 8.05. The van der Waals surface area contributed by atoms with Gasteiger partial charge in [-0.3, -0.25) is 14.4 Å². The van der Waals surface area contributed by atoms with E-state index in [0.717, 1.165) is 11.1 Å². The third-order valence-electron chi connectivity index (χ3n) is 6.57. The summed E-state index contributed by atoms with van der Waals surface area (Å²) < 4.78 is 0. The zero-order valence-electron chi connectivity index (χ0n) is 16.3. The normalized spacial score (nSPS) is 28.8. The van der Waals surface area contributed by atoms with Crippen LogP contribution in [0.25, 0.3) is 5.57 Å². The number of allylic oxidation sites excluding steroid dienone is 4. The summed E-state index contributed by atoms with van der Waals surface area (Å²) in [6.45, 7) is 3.57. The maximum atomic E-state index is 13.3. The standard InChI is InChI=1S/C25H21NO3/c1-14(16-7-4-3-5-8-16)21-19-11-12-20(21)23-22(19)24(28)26(25(23)29)18-10-6-9-17(13-18)15(2)27/h3-13,19-20,22-23H,1-2H3/t19-,20-,22-,23+/m0/s1. The summed E-state index contributed by atoms with van der Waals surface area (Å²) in [6.07, 6.45) is 4.18. The minimum absolute atomic E-state index is 0.0392. The lowest BCUT2D eigenvalue weighted by Crippen LogP contribution is -2.33. The topological polar surface area (TPSA) is 54.5 Å². The van der Waals surface area contributed by atoms with Crippen LogP contribution in [0.4, 0.5) is 5.69 Å². The lowest BCUT2D eigenvalue weighted by molar-refractivity contribution is -0.122. The minimum Gasteiger partial charge on any atom is -0.295 e. The molecule has 3 aliphatic rings. The Bertz CT molecular complexity index is 1080. The number of nitrogens with zero attached hydrogens (tertiary/aromatic N) is 1. The molecule has 2 bridgehead atoms. The highest BCUT2D eigenvalue weighted by molar-refractivity contribution is 6.23. The number of amides is 2. The highest BCUT2D eigenvalue weighted by Crippen LogP contribution is 2.58. The Morgan fingerprint density at radius 1 is 0.793 bits per heavy atom. The van der Waals surface area contributed by atoms with Crippen molar-refractivity contribution in [3.8, 4) is 0 Å². The molecule has 1 saturated carbocycles. The fourth-order valence-corrected chi connectivity index (χ4v) is 5.24. The van der Waals surface area contributed by atoms with Gasteiger partial charge in [0.15, 0.2) is 5.78 Å². The van der Waals surface area contributed by atoms with Gasteiger partial charge < -0.3 is 0 Å². The number of carbonyl (C=O) groups excluding carboxylic acids is 3. The van der Waals surface area contributed by atoms with Crippen molar-refractivity contribution in [3.05, 3.63) is 83.4 Å². The first-order valence-corrected chi connectivity index (χ1v) is 9.92. The van der Waals surface area contributed by atoms with E-state index in [2.05, 4.69) is 31.2 Å². The van der Waals surface area contributed by atoms with E-state index in [4.69, 9.17) is 0 Å². The first kappa shape index (κ1) is 17.8. The first-order valence-electron chi connectivity index (χ1n) is 9.92. The van der Waals surface area contributed by atoms with Crippen LogP contribution in [-0.4, -0.2) is 17.6 Å². The van der Waals surface area contributed by atoms with Crippen molar-refractivity contribution in [2.24, 2.45) is 23.7 Å². The fraction of sp³-hybridized carbons (Fsp3) is 0.240. The van der Waals surface area contributed by atoms with Gasteiger partial charge in [-0.2, -0.15) is 0 Å². The summed E-state index contributed by atoms with van der Waals surface area (Å²) in [5, 5.41) is 0. The van der Waals surface area contributed by atoms with Gasteiger partial charge >= 0.3 is 0 Å². The molecule has 2 aromatic rings. The smallest absolute Gasteiger partial charge is 0.238 e. The lowest BCUT2D eigenvalue weighted by atomic mass is 9.85. The van der Waals surface area contributed by atoms with Crippen LogP contribution in [0.15, 0.2) is 72.3 Å². The van der Waals surface area contributed by atoms with Crippen LogP contribution in [-0.2, 0) is 9.59 Å². The predicted octanol–water partition coefficient (Wildman–Crippen LogP) is 4.28. The van der Waals surface area contributed by atoms with Crippen LogP contribution in [0.3, 0.4) is 0 Å². The average Bonchev–Trinajstić information content (AvgIpc) is 3.37. The van der Waals surface area contributed by atoms with Gasteiger partial charge in [-0.15, -0.1) is 0 Å². The molecule has 2 amide bonds. The van der Waals surface area contributed by atoms with Gasteiger partial charge in [0.05, 0.1) is 17.5 Å². The van der Waals surface area contributed by atoms with E-state index >= 15 is 0 Å². The van der Waals surface area contributed by atoms with Crippen LogP contribution in [0.5, 0.6) is 0 Å². The Hall–Kier alpha value is -3.27. The van der Waals surface area contributed by atoms with Crippen LogP contribution >= 0.6 is 0 Å². The molecule has 0 N–H and O–H groups in total. The molecule has 0 radical (unpaired) electrons. The molecule has 0 aromatic heterocycles. The molecule has 1 heterocycles. The zero-order chi connectivity index (χ0) is 20.3. The van der Waals surface area contributed by atoms with Gasteiger partial charge in [-0.05, 0) is 37.1 Å². The van der Waals surface area contributed by atoms with Crippen molar-refractivity contribution in [1.29, 1.82) is 0 Å². The summed E-state index contributed by atoms with van der Waals surface area (Å²) in [4.78, 5) is 39.7. The SMILES string of the molecule is CC(=O)c1cccc(N2C(=O)[C@@H]3[C@H](C2=O)[C@H]2C=C[C@H]3C2=C(C)c2ccccc2)c1. The molecule has 29 heavy (non-hydrogen) atoms. The molecule has 2 aliphatic carbocycles. The average molecular weight is 383 g/mol. The number of anilines is 1. The third-order valence-corrected chi connectivity index (χ3v) is 6.57. The number of imide groups is 1. The second kappa shape index (κ2) is 6.38. The molecule has 1 saturated heterocycles. The van der Waals surface area contributed by atoms with E-state index in [1.165, 1.54) is 17.4 Å². The fourth-order valence-electron chi connectivity index (χ4n) is 5.24. The highest BCUT2D eigenvalue weighted by atomic mass is 16.2. The van der Waals surface area contributed by atoms with Crippen molar-refractivity contribution in [1.82, 2.24) is 0 Å². The van der Waals surface area contributed by atoms with E-state index in [1.807, 2.05) is 18.2 Å². The highest BCUT2D eigenvalue weighted by Gasteiger charge is 2.62. The summed E-state index contributed by atoms with van der Waals surface area (Å²) in [7, 11) is 0. The Morgan fingerprint density at radius 3 is 1.97 bits per heavy atom.